The molecule has 1 aromatic carbocycles. The van der Waals surface area contributed by atoms with E-state index in [1.54, 1.807) is 41.0 Å². The van der Waals surface area contributed by atoms with Crippen molar-refractivity contribution < 1.29 is 23.5 Å². The quantitative estimate of drug-likeness (QED) is 0.632. The molecule has 0 bridgehead atoms. The number of hydrogen-bond donors (Lipinski definition) is 0. The number of anilines is 1. The number of carbonyl (C=O) groups is 3. The van der Waals surface area contributed by atoms with Crippen LogP contribution in [-0.4, -0.2) is 73.0 Å². The third kappa shape index (κ3) is 5.25. The van der Waals surface area contributed by atoms with E-state index in [-0.39, 0.29) is 17.6 Å². The summed E-state index contributed by atoms with van der Waals surface area (Å²) in [5.74, 6) is -0.699. The summed E-state index contributed by atoms with van der Waals surface area (Å²) >= 11 is 0. The van der Waals surface area contributed by atoms with Crippen LogP contribution in [0, 0.1) is 0 Å². The first kappa shape index (κ1) is 22.4. The fraction of sp³-hybridized carbons (Fsp3) is 0.435. The van der Waals surface area contributed by atoms with Gasteiger partial charge in [0.25, 0.3) is 11.8 Å². The van der Waals surface area contributed by atoms with Crippen molar-refractivity contribution in [3.8, 4) is 0 Å². The molecule has 1 saturated heterocycles. The minimum atomic E-state index is -0.901. The Morgan fingerprint density at radius 3 is 2.16 bits per heavy atom. The SMILES string of the molecule is CCN(CC)c1ccc(C(=O)OC(C)C(=O)N2CCN(C(=O)c3ccco3)CC2)cc1. The van der Waals surface area contributed by atoms with Crippen molar-refractivity contribution >= 4 is 23.5 Å². The average molecular weight is 428 g/mol. The topological polar surface area (TPSA) is 83.3 Å². The molecule has 8 heteroatoms. The van der Waals surface area contributed by atoms with E-state index in [0.717, 1.165) is 18.8 Å². The standard InChI is InChI=1S/C23H29N3O5/c1-4-24(5-2)19-10-8-18(9-11-19)23(29)31-17(3)21(27)25-12-14-26(15-13-25)22(28)20-7-6-16-30-20/h6-11,16-17H,4-5,12-15H2,1-3H3. The van der Waals surface area contributed by atoms with Gasteiger partial charge in [0.05, 0.1) is 11.8 Å². The normalized spacial score (nSPS) is 14.8. The number of amides is 2. The fourth-order valence-corrected chi connectivity index (χ4v) is 3.62. The lowest BCUT2D eigenvalue weighted by Gasteiger charge is -2.35. The number of benzene rings is 1. The minimum Gasteiger partial charge on any atom is -0.459 e. The van der Waals surface area contributed by atoms with E-state index in [0.29, 0.717) is 31.7 Å². The maximum atomic E-state index is 12.7. The Hall–Kier alpha value is -3.29. The van der Waals surface area contributed by atoms with Gasteiger partial charge in [0.15, 0.2) is 11.9 Å². The number of carbonyl (C=O) groups excluding carboxylic acids is 3. The second kappa shape index (κ2) is 10.1. The molecule has 0 N–H and O–H groups in total. The Labute approximate surface area is 182 Å². The van der Waals surface area contributed by atoms with E-state index in [9.17, 15) is 14.4 Å². The second-order valence-corrected chi connectivity index (χ2v) is 7.36. The molecule has 1 aliphatic heterocycles. The summed E-state index contributed by atoms with van der Waals surface area (Å²) in [4.78, 5) is 43.0. The smallest absolute Gasteiger partial charge is 0.338 e. The van der Waals surface area contributed by atoms with Crippen LogP contribution in [0.5, 0.6) is 0 Å². The van der Waals surface area contributed by atoms with E-state index in [1.807, 2.05) is 12.1 Å². The average Bonchev–Trinajstić information content (AvgIpc) is 3.34. The highest BCUT2D eigenvalue weighted by molar-refractivity contribution is 5.93. The molecule has 1 aromatic heterocycles. The predicted octanol–water partition coefficient (Wildman–Crippen LogP) is 2.66. The molecular formula is C23H29N3O5. The van der Waals surface area contributed by atoms with Gasteiger partial charge in [-0.3, -0.25) is 9.59 Å². The number of rotatable bonds is 7. The molecule has 0 aliphatic carbocycles. The maximum absolute atomic E-state index is 12.7. The van der Waals surface area contributed by atoms with E-state index in [2.05, 4.69) is 18.7 Å². The molecule has 8 nitrogen and oxygen atoms in total. The molecule has 3 rings (SSSR count). The van der Waals surface area contributed by atoms with Crippen molar-refractivity contribution in [1.82, 2.24) is 9.80 Å². The highest BCUT2D eigenvalue weighted by atomic mass is 16.5. The Morgan fingerprint density at radius 2 is 1.61 bits per heavy atom. The summed E-state index contributed by atoms with van der Waals surface area (Å²) in [5.41, 5.74) is 1.44. The van der Waals surface area contributed by atoms with Crippen molar-refractivity contribution in [3.63, 3.8) is 0 Å². The van der Waals surface area contributed by atoms with Gasteiger partial charge in [0.2, 0.25) is 0 Å². The third-order valence-electron chi connectivity index (χ3n) is 5.47. The van der Waals surface area contributed by atoms with Crippen molar-refractivity contribution in [2.24, 2.45) is 0 Å². The Morgan fingerprint density at radius 1 is 1.00 bits per heavy atom. The molecule has 1 aliphatic rings. The lowest BCUT2D eigenvalue weighted by Crippen LogP contribution is -2.53. The van der Waals surface area contributed by atoms with Crippen molar-refractivity contribution in [3.05, 3.63) is 54.0 Å². The Balaban J connectivity index is 1.51. The lowest BCUT2D eigenvalue weighted by atomic mass is 10.2. The number of piperazine rings is 1. The van der Waals surface area contributed by atoms with Crippen LogP contribution in [0.3, 0.4) is 0 Å². The third-order valence-corrected chi connectivity index (χ3v) is 5.47. The molecule has 1 fully saturated rings. The van der Waals surface area contributed by atoms with Gasteiger partial charge in [-0.1, -0.05) is 0 Å². The van der Waals surface area contributed by atoms with E-state index in [4.69, 9.17) is 9.15 Å². The van der Waals surface area contributed by atoms with Gasteiger partial charge in [-0.25, -0.2) is 4.79 Å². The molecular weight excluding hydrogens is 398 g/mol. The zero-order chi connectivity index (χ0) is 22.4. The van der Waals surface area contributed by atoms with Crippen LogP contribution < -0.4 is 4.90 Å². The summed E-state index contributed by atoms with van der Waals surface area (Å²) in [7, 11) is 0. The van der Waals surface area contributed by atoms with Gasteiger partial charge >= 0.3 is 5.97 Å². The monoisotopic (exact) mass is 427 g/mol. The molecule has 2 heterocycles. The van der Waals surface area contributed by atoms with Crippen LogP contribution in [0.15, 0.2) is 47.1 Å². The van der Waals surface area contributed by atoms with Gasteiger partial charge in [0.1, 0.15) is 0 Å². The van der Waals surface area contributed by atoms with E-state index < -0.39 is 12.1 Å². The van der Waals surface area contributed by atoms with Gasteiger partial charge in [-0.2, -0.15) is 0 Å². The Bertz CT molecular complexity index is 882. The summed E-state index contributed by atoms with van der Waals surface area (Å²) in [6.07, 6.45) is 0.558. The van der Waals surface area contributed by atoms with Crippen LogP contribution in [0.25, 0.3) is 0 Å². The van der Waals surface area contributed by atoms with Crippen LogP contribution >= 0.6 is 0 Å². The van der Waals surface area contributed by atoms with E-state index in [1.165, 1.54) is 6.26 Å². The zero-order valence-electron chi connectivity index (χ0n) is 18.2. The molecule has 0 spiro atoms. The molecule has 31 heavy (non-hydrogen) atoms. The minimum absolute atomic E-state index is 0.190. The molecule has 0 radical (unpaired) electrons. The highest BCUT2D eigenvalue weighted by Gasteiger charge is 2.30. The number of esters is 1. The fourth-order valence-electron chi connectivity index (χ4n) is 3.62. The van der Waals surface area contributed by atoms with Gasteiger partial charge < -0.3 is 23.9 Å². The van der Waals surface area contributed by atoms with Crippen molar-refractivity contribution in [2.45, 2.75) is 26.9 Å². The van der Waals surface area contributed by atoms with Crippen LogP contribution in [0.1, 0.15) is 41.7 Å². The molecule has 1 atom stereocenters. The van der Waals surface area contributed by atoms with Crippen LogP contribution in [0.2, 0.25) is 0 Å². The summed E-state index contributed by atoms with van der Waals surface area (Å²) < 4.78 is 10.5. The summed E-state index contributed by atoms with van der Waals surface area (Å²) in [5, 5.41) is 0. The molecule has 166 valence electrons. The Kier molecular flexibility index (Phi) is 7.33. The summed E-state index contributed by atoms with van der Waals surface area (Å²) in [6, 6.07) is 10.5. The molecule has 1 unspecified atom stereocenters. The number of nitrogens with zero attached hydrogens (tertiary/aromatic N) is 3. The molecule has 0 saturated carbocycles. The summed E-state index contributed by atoms with van der Waals surface area (Å²) in [6.45, 7) is 9.05. The van der Waals surface area contributed by atoms with Crippen molar-refractivity contribution in [1.29, 1.82) is 0 Å². The first-order valence-corrected chi connectivity index (χ1v) is 10.6. The lowest BCUT2D eigenvalue weighted by molar-refractivity contribution is -0.141. The van der Waals surface area contributed by atoms with Crippen molar-refractivity contribution in [2.75, 3.05) is 44.2 Å². The maximum Gasteiger partial charge on any atom is 0.338 e. The van der Waals surface area contributed by atoms with Crippen LogP contribution in [-0.2, 0) is 9.53 Å². The molecule has 2 aromatic rings. The van der Waals surface area contributed by atoms with Gasteiger partial charge in [-0.15, -0.1) is 0 Å². The predicted molar refractivity (Wildman–Crippen MR) is 116 cm³/mol. The molecule has 2 amide bonds. The zero-order valence-corrected chi connectivity index (χ0v) is 18.2. The first-order valence-electron chi connectivity index (χ1n) is 10.6. The van der Waals surface area contributed by atoms with Gasteiger partial charge in [0, 0.05) is 45.0 Å². The van der Waals surface area contributed by atoms with Gasteiger partial charge in [-0.05, 0) is 57.2 Å². The second-order valence-electron chi connectivity index (χ2n) is 7.36. The number of ether oxygens (including phenoxy) is 1. The van der Waals surface area contributed by atoms with Crippen LogP contribution in [0.4, 0.5) is 5.69 Å². The first-order chi connectivity index (χ1) is 14.9. The number of furan rings is 1. The van der Waals surface area contributed by atoms with E-state index >= 15 is 0 Å². The largest absolute Gasteiger partial charge is 0.459 e. The number of hydrogen-bond acceptors (Lipinski definition) is 6. The highest BCUT2D eigenvalue weighted by Crippen LogP contribution is 2.17.